The molecule has 0 aromatic heterocycles. The van der Waals surface area contributed by atoms with Crippen molar-refractivity contribution in [3.8, 4) is 5.75 Å². The molecule has 0 unspecified atom stereocenters. The Bertz CT molecular complexity index is 815. The van der Waals surface area contributed by atoms with Gasteiger partial charge in [0.05, 0.1) is 6.61 Å². The minimum absolute atomic E-state index is 0.0701. The highest BCUT2D eigenvalue weighted by Crippen LogP contribution is 2.24. The van der Waals surface area contributed by atoms with Gasteiger partial charge in [-0.3, -0.25) is 4.79 Å². The summed E-state index contributed by atoms with van der Waals surface area (Å²) in [5.74, 6) is 0.0323. The monoisotopic (exact) mass is 381 g/mol. The Kier molecular flexibility index (Phi) is 7.38. The largest absolute Gasteiger partial charge is 0.484 e. The van der Waals surface area contributed by atoms with Crippen molar-refractivity contribution in [2.45, 2.75) is 33.1 Å². The lowest BCUT2D eigenvalue weighted by molar-refractivity contribution is -0.137. The Balaban J connectivity index is 1.83. The molecule has 0 fully saturated rings. The third kappa shape index (κ3) is 6.91. The second-order valence-corrected chi connectivity index (χ2v) is 7.32. The van der Waals surface area contributed by atoms with Crippen molar-refractivity contribution >= 4 is 23.6 Å². The van der Waals surface area contributed by atoms with Crippen molar-refractivity contribution in [2.75, 3.05) is 18.5 Å². The number of amides is 1. The van der Waals surface area contributed by atoms with E-state index in [1.165, 1.54) is 11.6 Å². The third-order valence-corrected chi connectivity index (χ3v) is 3.98. The molecule has 2 aromatic carbocycles. The van der Waals surface area contributed by atoms with Crippen LogP contribution < -0.4 is 10.1 Å². The molecule has 28 heavy (non-hydrogen) atoms. The molecule has 0 saturated heterocycles. The van der Waals surface area contributed by atoms with Crippen molar-refractivity contribution < 1.29 is 19.1 Å². The van der Waals surface area contributed by atoms with Crippen LogP contribution in [0.1, 0.15) is 38.8 Å². The van der Waals surface area contributed by atoms with Crippen LogP contribution in [0.5, 0.6) is 5.75 Å². The zero-order chi connectivity index (χ0) is 20.6. The molecule has 0 heterocycles. The third-order valence-electron chi connectivity index (χ3n) is 3.98. The Morgan fingerprint density at radius 2 is 1.64 bits per heavy atom. The maximum Gasteiger partial charge on any atom is 0.330 e. The van der Waals surface area contributed by atoms with E-state index >= 15 is 0 Å². The van der Waals surface area contributed by atoms with Crippen LogP contribution in [0.15, 0.2) is 54.6 Å². The van der Waals surface area contributed by atoms with E-state index in [0.717, 1.165) is 5.56 Å². The maximum absolute atomic E-state index is 12.1. The van der Waals surface area contributed by atoms with Crippen LogP contribution in [0.2, 0.25) is 0 Å². The molecule has 0 aliphatic carbocycles. The number of rotatable bonds is 7. The minimum atomic E-state index is -0.382. The normalized spacial score (nSPS) is 11.3. The van der Waals surface area contributed by atoms with Crippen LogP contribution >= 0.6 is 0 Å². The summed E-state index contributed by atoms with van der Waals surface area (Å²) < 4.78 is 10.4. The molecule has 1 N–H and O–H groups in total. The number of hydrogen-bond donors (Lipinski definition) is 1. The highest BCUT2D eigenvalue weighted by Gasteiger charge is 2.13. The van der Waals surface area contributed by atoms with Gasteiger partial charge in [0.25, 0.3) is 5.91 Å². The van der Waals surface area contributed by atoms with Gasteiger partial charge in [-0.15, -0.1) is 0 Å². The van der Waals surface area contributed by atoms with Gasteiger partial charge < -0.3 is 14.8 Å². The van der Waals surface area contributed by atoms with Gasteiger partial charge in [-0.1, -0.05) is 45.0 Å². The topological polar surface area (TPSA) is 64.6 Å². The smallest absolute Gasteiger partial charge is 0.330 e. The summed E-state index contributed by atoms with van der Waals surface area (Å²) in [5, 5.41) is 2.78. The molecular weight excluding hydrogens is 354 g/mol. The Hall–Kier alpha value is -3.08. The zero-order valence-corrected chi connectivity index (χ0v) is 16.8. The van der Waals surface area contributed by atoms with E-state index in [9.17, 15) is 9.59 Å². The van der Waals surface area contributed by atoms with Crippen LogP contribution in [-0.2, 0) is 19.7 Å². The summed E-state index contributed by atoms with van der Waals surface area (Å²) in [4.78, 5) is 23.4. The molecule has 5 nitrogen and oxygen atoms in total. The molecule has 1 amide bonds. The molecule has 0 saturated carbocycles. The molecule has 2 rings (SSSR count). The molecule has 5 heteroatoms. The van der Waals surface area contributed by atoms with Crippen molar-refractivity contribution in [1.29, 1.82) is 0 Å². The predicted molar refractivity (Wildman–Crippen MR) is 111 cm³/mol. The fourth-order valence-corrected chi connectivity index (χ4v) is 2.43. The molecule has 2 aromatic rings. The Morgan fingerprint density at radius 1 is 1.00 bits per heavy atom. The van der Waals surface area contributed by atoms with E-state index in [2.05, 4.69) is 26.1 Å². The van der Waals surface area contributed by atoms with Gasteiger partial charge in [-0.05, 0) is 53.8 Å². The number of carbonyl (C=O) groups is 2. The van der Waals surface area contributed by atoms with Gasteiger partial charge in [0, 0.05) is 11.8 Å². The van der Waals surface area contributed by atoms with E-state index < -0.39 is 0 Å². The summed E-state index contributed by atoms with van der Waals surface area (Å²) in [6, 6.07) is 14.9. The standard InChI is InChI=1S/C23H27NO4/c1-5-27-22(26)15-8-17-6-11-19(12-7-17)24-21(25)16-28-20-13-9-18(10-14-20)23(2,3)4/h6-15H,5,16H2,1-4H3,(H,24,25). The highest BCUT2D eigenvalue weighted by molar-refractivity contribution is 5.92. The van der Waals surface area contributed by atoms with Crippen LogP contribution in [0.3, 0.4) is 0 Å². The highest BCUT2D eigenvalue weighted by atomic mass is 16.5. The van der Waals surface area contributed by atoms with Gasteiger partial charge >= 0.3 is 5.97 Å². The quantitative estimate of drug-likeness (QED) is 0.563. The second kappa shape index (κ2) is 9.74. The van der Waals surface area contributed by atoms with Gasteiger partial charge in [0.1, 0.15) is 5.75 Å². The molecule has 0 atom stereocenters. The SMILES string of the molecule is CCOC(=O)C=Cc1ccc(NC(=O)COc2ccc(C(C)(C)C)cc2)cc1. The maximum atomic E-state index is 12.1. The van der Waals surface area contributed by atoms with Crippen molar-refractivity contribution in [1.82, 2.24) is 0 Å². The van der Waals surface area contributed by atoms with Crippen molar-refractivity contribution in [3.63, 3.8) is 0 Å². The van der Waals surface area contributed by atoms with Crippen molar-refractivity contribution in [3.05, 3.63) is 65.7 Å². The summed E-state index contributed by atoms with van der Waals surface area (Å²) in [7, 11) is 0. The van der Waals surface area contributed by atoms with Crippen LogP contribution in [0, 0.1) is 0 Å². The van der Waals surface area contributed by atoms with E-state index in [1.54, 1.807) is 37.3 Å². The van der Waals surface area contributed by atoms with Crippen LogP contribution in [0.25, 0.3) is 6.08 Å². The predicted octanol–water partition coefficient (Wildman–Crippen LogP) is 4.58. The average molecular weight is 381 g/mol. The number of hydrogen-bond acceptors (Lipinski definition) is 4. The van der Waals surface area contributed by atoms with Gasteiger partial charge in [-0.2, -0.15) is 0 Å². The van der Waals surface area contributed by atoms with Crippen molar-refractivity contribution in [2.24, 2.45) is 0 Å². The molecule has 0 bridgehead atoms. The molecule has 0 aliphatic rings. The number of nitrogens with one attached hydrogen (secondary N) is 1. The fraction of sp³-hybridized carbons (Fsp3) is 0.304. The van der Waals surface area contributed by atoms with Crippen LogP contribution in [0.4, 0.5) is 5.69 Å². The molecule has 0 spiro atoms. The summed E-state index contributed by atoms with van der Waals surface area (Å²) >= 11 is 0. The second-order valence-electron chi connectivity index (χ2n) is 7.32. The minimum Gasteiger partial charge on any atom is -0.484 e. The molecule has 0 radical (unpaired) electrons. The number of carbonyl (C=O) groups excluding carboxylic acids is 2. The lowest BCUT2D eigenvalue weighted by Crippen LogP contribution is -2.20. The number of benzene rings is 2. The summed E-state index contributed by atoms with van der Waals surface area (Å²) in [6.07, 6.45) is 3.03. The fourth-order valence-electron chi connectivity index (χ4n) is 2.43. The molecule has 0 aliphatic heterocycles. The van der Waals surface area contributed by atoms with Gasteiger partial charge in [0.2, 0.25) is 0 Å². The van der Waals surface area contributed by atoms with E-state index in [1.807, 2.05) is 24.3 Å². The Morgan fingerprint density at radius 3 is 2.21 bits per heavy atom. The number of anilines is 1. The summed E-state index contributed by atoms with van der Waals surface area (Å²) in [6.45, 7) is 8.47. The first-order valence-electron chi connectivity index (χ1n) is 9.26. The number of esters is 1. The Labute approximate surface area is 166 Å². The lowest BCUT2D eigenvalue weighted by atomic mass is 9.87. The van der Waals surface area contributed by atoms with E-state index in [4.69, 9.17) is 9.47 Å². The first-order chi connectivity index (χ1) is 13.3. The van der Waals surface area contributed by atoms with E-state index in [-0.39, 0.29) is 23.9 Å². The summed E-state index contributed by atoms with van der Waals surface area (Å²) in [5.41, 5.74) is 2.78. The number of ether oxygens (including phenoxy) is 2. The molecular formula is C23H27NO4. The lowest BCUT2D eigenvalue weighted by Gasteiger charge is -2.19. The van der Waals surface area contributed by atoms with Gasteiger partial charge in [0.15, 0.2) is 6.61 Å². The molecule has 148 valence electrons. The first-order valence-corrected chi connectivity index (χ1v) is 9.26. The first kappa shape index (κ1) is 21.2. The average Bonchev–Trinajstić information content (AvgIpc) is 2.66. The zero-order valence-electron chi connectivity index (χ0n) is 16.8. The van der Waals surface area contributed by atoms with Crippen LogP contribution in [-0.4, -0.2) is 25.1 Å². The van der Waals surface area contributed by atoms with Gasteiger partial charge in [-0.25, -0.2) is 4.79 Å². The van der Waals surface area contributed by atoms with E-state index in [0.29, 0.717) is 18.0 Å².